The molecule has 0 bridgehead atoms. The second-order valence-electron chi connectivity index (χ2n) is 2.15. The van der Waals surface area contributed by atoms with E-state index in [1.54, 1.807) is 30.3 Å². The minimum atomic E-state index is -1.41. The Morgan fingerprint density at radius 3 is 2.17 bits per heavy atom. The van der Waals surface area contributed by atoms with Gasteiger partial charge in [0.25, 0.3) is 0 Å². The van der Waals surface area contributed by atoms with Crippen molar-refractivity contribution < 1.29 is 44.6 Å². The molecule has 0 radical (unpaired) electrons. The molecule has 0 aliphatic rings. The van der Waals surface area contributed by atoms with Gasteiger partial charge in [-0.15, -0.1) is 0 Å². The van der Waals surface area contributed by atoms with Crippen molar-refractivity contribution in [2.45, 2.75) is 6.10 Å². The molecule has 0 spiro atoms. The van der Waals surface area contributed by atoms with E-state index in [-0.39, 0.29) is 29.6 Å². The third-order valence-electron chi connectivity index (χ3n) is 1.35. The maximum Gasteiger partial charge on any atom is 1.00 e. The van der Waals surface area contributed by atoms with Crippen LogP contribution in [0.2, 0.25) is 0 Å². The van der Waals surface area contributed by atoms with Crippen LogP contribution >= 0.6 is 0 Å². The van der Waals surface area contributed by atoms with E-state index >= 15 is 0 Å². The molecule has 1 atom stereocenters. The van der Waals surface area contributed by atoms with Gasteiger partial charge in [-0.05, 0) is 5.56 Å². The molecule has 0 aliphatic heterocycles. The molecule has 0 saturated carbocycles. The number of carbonyl (C=O) groups is 1. The fourth-order valence-electron chi connectivity index (χ4n) is 0.778. The van der Waals surface area contributed by atoms with E-state index in [1.165, 1.54) is 0 Å². The predicted molar refractivity (Wildman–Crippen MR) is 39.0 cm³/mol. The van der Waals surface area contributed by atoms with E-state index in [2.05, 4.69) is 0 Å². The number of hydrogen-bond donors (Lipinski definition) is 2. The number of aliphatic hydroxyl groups is 1. The SMILES string of the molecule is O=C(O)C(O)c1ccccc1.[Na+]. The van der Waals surface area contributed by atoms with Crippen LogP contribution in [0.5, 0.6) is 0 Å². The molecule has 1 unspecified atom stereocenters. The predicted octanol–water partition coefficient (Wildman–Crippen LogP) is -2.19. The summed E-state index contributed by atoms with van der Waals surface area (Å²) in [5.41, 5.74) is 0.403. The van der Waals surface area contributed by atoms with Crippen molar-refractivity contribution in [2.75, 3.05) is 0 Å². The van der Waals surface area contributed by atoms with Crippen LogP contribution < -0.4 is 29.6 Å². The molecule has 1 aromatic carbocycles. The Balaban J connectivity index is 0.00000121. The zero-order chi connectivity index (χ0) is 8.27. The smallest absolute Gasteiger partial charge is 0.479 e. The molecule has 0 fully saturated rings. The third kappa shape index (κ3) is 2.95. The first-order valence-electron chi connectivity index (χ1n) is 3.17. The van der Waals surface area contributed by atoms with Crippen molar-refractivity contribution >= 4 is 5.97 Å². The standard InChI is InChI=1S/C8H8O3.Na/c9-7(8(10)11)6-4-2-1-3-5-6;/h1-5,7,9H,(H,10,11);/q;+1. The molecule has 1 aromatic rings. The third-order valence-corrected chi connectivity index (χ3v) is 1.35. The summed E-state index contributed by atoms with van der Waals surface area (Å²) in [6.07, 6.45) is -1.41. The normalized spacial score (nSPS) is 11.4. The van der Waals surface area contributed by atoms with Crippen LogP contribution in [0, 0.1) is 0 Å². The second-order valence-corrected chi connectivity index (χ2v) is 2.15. The number of carboxylic acids is 1. The van der Waals surface area contributed by atoms with Crippen LogP contribution in [0.4, 0.5) is 0 Å². The largest absolute Gasteiger partial charge is 1.00 e. The first-order chi connectivity index (χ1) is 5.22. The van der Waals surface area contributed by atoms with Crippen LogP contribution in [-0.4, -0.2) is 16.2 Å². The van der Waals surface area contributed by atoms with Gasteiger partial charge in [0, 0.05) is 0 Å². The topological polar surface area (TPSA) is 57.5 Å². The first-order valence-corrected chi connectivity index (χ1v) is 3.17. The molecule has 0 amide bonds. The summed E-state index contributed by atoms with van der Waals surface area (Å²) in [6.45, 7) is 0. The van der Waals surface area contributed by atoms with Gasteiger partial charge in [0.15, 0.2) is 6.10 Å². The fraction of sp³-hybridized carbons (Fsp3) is 0.125. The molecule has 3 nitrogen and oxygen atoms in total. The number of aliphatic carboxylic acids is 1. The van der Waals surface area contributed by atoms with E-state index < -0.39 is 12.1 Å². The maximum atomic E-state index is 10.2. The zero-order valence-corrected chi connectivity index (χ0v) is 8.77. The monoisotopic (exact) mass is 175 g/mol. The van der Waals surface area contributed by atoms with E-state index in [0.717, 1.165) is 0 Å². The summed E-state index contributed by atoms with van der Waals surface area (Å²) in [6, 6.07) is 8.26. The Labute approximate surface area is 92.3 Å². The summed E-state index contributed by atoms with van der Waals surface area (Å²) < 4.78 is 0. The second kappa shape index (κ2) is 5.32. The van der Waals surface area contributed by atoms with Crippen molar-refractivity contribution in [3.05, 3.63) is 35.9 Å². The van der Waals surface area contributed by atoms with Crippen LogP contribution in [-0.2, 0) is 4.79 Å². The van der Waals surface area contributed by atoms with E-state index in [4.69, 9.17) is 10.2 Å². The Hall–Kier alpha value is -0.350. The molecule has 1 rings (SSSR count). The Morgan fingerprint density at radius 1 is 1.25 bits per heavy atom. The van der Waals surface area contributed by atoms with Crippen molar-refractivity contribution in [3.8, 4) is 0 Å². The average molecular weight is 175 g/mol. The van der Waals surface area contributed by atoms with Gasteiger partial charge in [0.05, 0.1) is 0 Å². The Bertz CT molecular complexity index is 248. The van der Waals surface area contributed by atoms with Gasteiger partial charge in [-0.2, -0.15) is 0 Å². The first kappa shape index (κ1) is 11.6. The van der Waals surface area contributed by atoms with Crippen LogP contribution in [0.1, 0.15) is 11.7 Å². The number of hydrogen-bond acceptors (Lipinski definition) is 2. The van der Waals surface area contributed by atoms with Gasteiger partial charge in [0.1, 0.15) is 0 Å². The number of rotatable bonds is 2. The molecule has 4 heteroatoms. The van der Waals surface area contributed by atoms with Gasteiger partial charge >= 0.3 is 35.5 Å². The van der Waals surface area contributed by atoms with Gasteiger partial charge in [-0.25, -0.2) is 4.79 Å². The number of carboxylic acid groups (broad SMARTS) is 1. The molecule has 0 heterocycles. The van der Waals surface area contributed by atoms with Crippen molar-refractivity contribution in [3.63, 3.8) is 0 Å². The van der Waals surface area contributed by atoms with Crippen molar-refractivity contribution in [1.82, 2.24) is 0 Å². The minimum Gasteiger partial charge on any atom is -0.479 e. The number of aliphatic hydroxyl groups excluding tert-OH is 1. The van der Waals surface area contributed by atoms with Crippen LogP contribution in [0.15, 0.2) is 30.3 Å². The summed E-state index contributed by atoms with van der Waals surface area (Å²) in [5, 5.41) is 17.4. The van der Waals surface area contributed by atoms with Gasteiger partial charge in [-0.1, -0.05) is 30.3 Å². The molecular weight excluding hydrogens is 167 g/mol. The van der Waals surface area contributed by atoms with Crippen LogP contribution in [0.3, 0.4) is 0 Å². The molecule has 0 saturated heterocycles. The molecule has 0 aliphatic carbocycles. The molecule has 2 N–H and O–H groups in total. The molecule has 0 aromatic heterocycles. The van der Waals surface area contributed by atoms with Crippen LogP contribution in [0.25, 0.3) is 0 Å². The van der Waals surface area contributed by atoms with Gasteiger partial charge in [-0.3, -0.25) is 0 Å². The summed E-state index contributed by atoms with van der Waals surface area (Å²) in [5.74, 6) is -1.23. The van der Waals surface area contributed by atoms with E-state index in [0.29, 0.717) is 5.56 Å². The fourth-order valence-corrected chi connectivity index (χ4v) is 0.778. The van der Waals surface area contributed by atoms with Gasteiger partial charge < -0.3 is 10.2 Å². The van der Waals surface area contributed by atoms with E-state index in [1.807, 2.05) is 0 Å². The number of benzene rings is 1. The summed E-state index contributed by atoms with van der Waals surface area (Å²) >= 11 is 0. The molecule has 12 heavy (non-hydrogen) atoms. The van der Waals surface area contributed by atoms with Crippen molar-refractivity contribution in [1.29, 1.82) is 0 Å². The Kier molecular flexibility index (Phi) is 5.17. The molecular formula is C8H8NaO3+. The summed E-state index contributed by atoms with van der Waals surface area (Å²) in [4.78, 5) is 10.2. The van der Waals surface area contributed by atoms with E-state index in [9.17, 15) is 4.79 Å². The maximum absolute atomic E-state index is 10.2. The quantitative estimate of drug-likeness (QED) is 0.502. The molecule has 58 valence electrons. The Morgan fingerprint density at radius 2 is 1.75 bits per heavy atom. The average Bonchev–Trinajstić information content (AvgIpc) is 2.05. The zero-order valence-electron chi connectivity index (χ0n) is 6.77. The summed E-state index contributed by atoms with van der Waals surface area (Å²) in [7, 11) is 0. The van der Waals surface area contributed by atoms with Crippen molar-refractivity contribution in [2.24, 2.45) is 0 Å². The minimum absolute atomic E-state index is 0. The van der Waals surface area contributed by atoms with Gasteiger partial charge in [0.2, 0.25) is 0 Å².